The summed E-state index contributed by atoms with van der Waals surface area (Å²) >= 11 is 4.58. The third-order valence-electron chi connectivity index (χ3n) is 8.13. The Morgan fingerprint density at radius 2 is 1.32 bits per heavy atom. The summed E-state index contributed by atoms with van der Waals surface area (Å²) in [5.74, 6) is -0.676. The van der Waals surface area contributed by atoms with Gasteiger partial charge in [0.15, 0.2) is 0 Å². The molecule has 4 rings (SSSR count). The monoisotopic (exact) mass is 584 g/mol. The van der Waals surface area contributed by atoms with Crippen LogP contribution in [0.4, 0.5) is 0 Å². The number of carbonyl (C=O) groups is 1. The molecular weight excluding hydrogens is 543 g/mol. The van der Waals surface area contributed by atoms with Gasteiger partial charge in [0, 0.05) is 0 Å². The maximum atomic E-state index is 10.6. The maximum absolute atomic E-state index is 10.6. The molecular formula is C31H42BrN2O2P. The minimum absolute atomic E-state index is 0.306. The van der Waals surface area contributed by atoms with E-state index in [1.165, 1.54) is 73.7 Å². The van der Waals surface area contributed by atoms with Crippen molar-refractivity contribution in [3.8, 4) is 0 Å². The van der Waals surface area contributed by atoms with Gasteiger partial charge in [-0.05, 0) is 0 Å². The van der Waals surface area contributed by atoms with Crippen LogP contribution in [0.3, 0.4) is 0 Å². The minimum atomic E-state index is -2.87. The molecule has 1 aliphatic carbocycles. The van der Waals surface area contributed by atoms with Crippen LogP contribution < -0.4 is 15.9 Å². The molecule has 0 amide bonds. The number of nitrogens with zero attached hydrogens (tertiary/aromatic N) is 2. The van der Waals surface area contributed by atoms with Gasteiger partial charge >= 0.3 is 221 Å². The van der Waals surface area contributed by atoms with Gasteiger partial charge in [0.25, 0.3) is 0 Å². The van der Waals surface area contributed by atoms with Crippen LogP contribution in [-0.2, 0) is 4.79 Å². The average molecular weight is 586 g/mol. The molecule has 0 bridgehead atoms. The second kappa shape index (κ2) is 13.2. The Morgan fingerprint density at radius 1 is 0.811 bits per heavy atom. The first-order chi connectivity index (χ1) is 18.0. The van der Waals surface area contributed by atoms with Crippen molar-refractivity contribution in [1.82, 2.24) is 9.78 Å². The first kappa shape index (κ1) is 28.0. The Balaban J connectivity index is 1.47. The third-order valence-corrected chi connectivity index (χ3v) is 18.1. The summed E-state index contributed by atoms with van der Waals surface area (Å²) in [4.78, 5) is 10.6. The fourth-order valence-electron chi connectivity index (χ4n) is 5.65. The van der Waals surface area contributed by atoms with Gasteiger partial charge in [-0.1, -0.05) is 0 Å². The Morgan fingerprint density at radius 3 is 1.81 bits per heavy atom. The Bertz CT molecular complexity index is 1080. The third kappa shape index (κ3) is 6.55. The molecule has 0 spiro atoms. The summed E-state index contributed by atoms with van der Waals surface area (Å²) in [6.07, 6.45) is 20.0. The molecule has 6 heteroatoms. The molecule has 0 saturated heterocycles. The number of halogens is 1. The van der Waals surface area contributed by atoms with E-state index < -0.39 is 11.3 Å². The number of rotatable bonds is 16. The SMILES string of the molecule is O=C(O)CCCCCCCCCCCP(Br)(c1ccccc1)(c1ccccc1)c1cnn(C2CCC2)c1. The molecule has 1 aliphatic rings. The van der Waals surface area contributed by atoms with E-state index in [1.54, 1.807) is 0 Å². The van der Waals surface area contributed by atoms with E-state index in [4.69, 9.17) is 10.2 Å². The molecule has 2 aromatic carbocycles. The zero-order valence-corrected chi connectivity index (χ0v) is 24.5. The van der Waals surface area contributed by atoms with Crippen LogP contribution >= 0.6 is 20.8 Å². The van der Waals surface area contributed by atoms with Crippen LogP contribution in [0.1, 0.15) is 89.5 Å². The Labute approximate surface area is 230 Å². The van der Waals surface area contributed by atoms with E-state index in [9.17, 15) is 4.79 Å². The van der Waals surface area contributed by atoms with Crippen LogP contribution in [-0.4, -0.2) is 27.0 Å². The molecule has 4 nitrogen and oxygen atoms in total. The molecule has 1 aromatic heterocycles. The zero-order chi connectivity index (χ0) is 26.0. The van der Waals surface area contributed by atoms with Gasteiger partial charge < -0.3 is 5.11 Å². The van der Waals surface area contributed by atoms with Gasteiger partial charge in [0.1, 0.15) is 0 Å². The Hall–Kier alpha value is -1.97. The van der Waals surface area contributed by atoms with Crippen LogP contribution in [0.5, 0.6) is 0 Å². The molecule has 0 aliphatic heterocycles. The topological polar surface area (TPSA) is 55.1 Å². The molecule has 1 saturated carbocycles. The van der Waals surface area contributed by atoms with Crippen LogP contribution in [0.2, 0.25) is 0 Å². The fourth-order valence-corrected chi connectivity index (χ4v) is 13.1. The summed E-state index contributed by atoms with van der Waals surface area (Å²) in [5.41, 5.74) is 0. The van der Waals surface area contributed by atoms with Crippen molar-refractivity contribution in [2.75, 3.05) is 6.16 Å². The van der Waals surface area contributed by atoms with Crippen molar-refractivity contribution >= 4 is 42.7 Å². The molecule has 1 fully saturated rings. The summed E-state index contributed by atoms with van der Waals surface area (Å²) in [5, 5.41) is 14.9. The van der Waals surface area contributed by atoms with Gasteiger partial charge in [-0.2, -0.15) is 0 Å². The van der Waals surface area contributed by atoms with Gasteiger partial charge in [-0.25, -0.2) is 0 Å². The molecule has 0 radical (unpaired) electrons. The normalized spacial score (nSPS) is 15.1. The number of aromatic nitrogens is 2. The van der Waals surface area contributed by atoms with Crippen molar-refractivity contribution in [2.24, 2.45) is 0 Å². The quantitative estimate of drug-likeness (QED) is 0.138. The van der Waals surface area contributed by atoms with E-state index in [0.717, 1.165) is 25.4 Å². The van der Waals surface area contributed by atoms with E-state index in [1.807, 2.05) is 0 Å². The number of hydrogen-bond acceptors (Lipinski definition) is 2. The van der Waals surface area contributed by atoms with Gasteiger partial charge in [-0.3, -0.25) is 4.79 Å². The average Bonchev–Trinajstić information content (AvgIpc) is 3.37. The van der Waals surface area contributed by atoms with Crippen molar-refractivity contribution in [3.05, 3.63) is 73.1 Å². The molecule has 200 valence electrons. The Kier molecular flexibility index (Phi) is 10.0. The number of carboxylic acid groups (broad SMARTS) is 1. The number of unbranched alkanes of at least 4 members (excludes halogenated alkanes) is 8. The first-order valence-electron chi connectivity index (χ1n) is 14.1. The summed E-state index contributed by atoms with van der Waals surface area (Å²) < 4.78 is 2.23. The zero-order valence-electron chi connectivity index (χ0n) is 22.0. The van der Waals surface area contributed by atoms with E-state index >= 15 is 0 Å². The molecule has 1 heterocycles. The van der Waals surface area contributed by atoms with E-state index in [0.29, 0.717) is 12.5 Å². The number of hydrogen-bond donors (Lipinski definition) is 1. The second-order valence-corrected chi connectivity index (χ2v) is 19.7. The summed E-state index contributed by atoms with van der Waals surface area (Å²) in [7, 11) is 0. The number of benzene rings is 2. The van der Waals surface area contributed by atoms with Gasteiger partial charge in [0.2, 0.25) is 0 Å². The standard InChI is InChI=1S/C31H42BrN2O2P/c32-37(28-19-10-8-11-20-28,29-21-12-9-13-22-29,30-25-33-34(26-30)27-17-16-18-27)24-15-7-5-3-1-2-4-6-14-23-31(35)36/h8-13,19-22,25-27H,1-7,14-18,23-24H2,(H,35,36). The molecule has 3 aromatic rings. The second-order valence-electron chi connectivity index (χ2n) is 10.7. The molecule has 37 heavy (non-hydrogen) atoms. The van der Waals surface area contributed by atoms with Crippen LogP contribution in [0, 0.1) is 0 Å². The summed E-state index contributed by atoms with van der Waals surface area (Å²) in [6, 6.07) is 22.7. The van der Waals surface area contributed by atoms with Crippen LogP contribution in [0.25, 0.3) is 0 Å². The molecule has 0 unspecified atom stereocenters. The van der Waals surface area contributed by atoms with Gasteiger partial charge in [-0.15, -0.1) is 0 Å². The van der Waals surface area contributed by atoms with E-state index in [2.05, 4.69) is 93.2 Å². The first-order valence-corrected chi connectivity index (χ1v) is 18.6. The van der Waals surface area contributed by atoms with Gasteiger partial charge in [0.05, 0.1) is 0 Å². The van der Waals surface area contributed by atoms with E-state index in [-0.39, 0.29) is 0 Å². The number of carboxylic acids is 1. The van der Waals surface area contributed by atoms with Crippen molar-refractivity contribution < 1.29 is 9.90 Å². The predicted molar refractivity (Wildman–Crippen MR) is 161 cm³/mol. The van der Waals surface area contributed by atoms with Crippen molar-refractivity contribution in [3.63, 3.8) is 0 Å². The van der Waals surface area contributed by atoms with Crippen LogP contribution in [0.15, 0.2) is 73.1 Å². The number of aliphatic carboxylic acids is 1. The predicted octanol–water partition coefficient (Wildman–Crippen LogP) is 7.73. The summed E-state index contributed by atoms with van der Waals surface area (Å²) in [6.45, 7) is 0. The van der Waals surface area contributed by atoms with Crippen molar-refractivity contribution in [2.45, 2.75) is 89.5 Å². The molecule has 0 atom stereocenters. The fraction of sp³-hybridized carbons (Fsp3) is 0.484. The van der Waals surface area contributed by atoms with Crippen molar-refractivity contribution in [1.29, 1.82) is 0 Å². The molecule has 1 N–H and O–H groups in total.